The van der Waals surface area contributed by atoms with Crippen LogP contribution in [0.15, 0.2) is 47.5 Å². The van der Waals surface area contributed by atoms with Crippen molar-refractivity contribution >= 4 is 16.1 Å². The average molecular weight is 309 g/mol. The van der Waals surface area contributed by atoms with E-state index in [1.807, 2.05) is 18.6 Å². The van der Waals surface area contributed by atoms with E-state index in [9.17, 15) is 13.2 Å². The Morgan fingerprint density at radius 2 is 2.05 bits per heavy atom. The van der Waals surface area contributed by atoms with Crippen molar-refractivity contribution in [2.45, 2.75) is 37.7 Å². The van der Waals surface area contributed by atoms with E-state index in [1.54, 1.807) is 12.1 Å². The molecule has 1 rings (SSSR count). The van der Waals surface area contributed by atoms with Crippen LogP contribution in [-0.4, -0.2) is 20.6 Å². The fraction of sp³-hybridized carbons (Fsp3) is 0.333. The minimum Gasteiger partial charge on any atom is -0.441 e. The van der Waals surface area contributed by atoms with Crippen LogP contribution in [0.5, 0.6) is 0 Å². The Morgan fingerprint density at radius 3 is 2.57 bits per heavy atom. The van der Waals surface area contributed by atoms with Crippen LogP contribution in [0, 0.1) is 6.92 Å². The molecule has 114 valence electrons. The van der Waals surface area contributed by atoms with Crippen LogP contribution in [0.1, 0.15) is 25.3 Å². The molecule has 6 heteroatoms. The minimum atomic E-state index is -3.93. The molecule has 0 saturated heterocycles. The van der Waals surface area contributed by atoms with E-state index in [-0.39, 0.29) is 4.90 Å². The summed E-state index contributed by atoms with van der Waals surface area (Å²) in [6.07, 6.45) is 1.28. The van der Waals surface area contributed by atoms with E-state index < -0.39 is 22.2 Å². The molecule has 5 nitrogen and oxygen atoms in total. The summed E-state index contributed by atoms with van der Waals surface area (Å²) in [7, 11) is -3.93. The van der Waals surface area contributed by atoms with Crippen LogP contribution < -0.4 is 4.72 Å². The summed E-state index contributed by atoms with van der Waals surface area (Å²) in [6, 6.07) is 6.16. The van der Waals surface area contributed by atoms with Crippen LogP contribution in [0.4, 0.5) is 4.79 Å². The Labute approximate surface area is 125 Å². The summed E-state index contributed by atoms with van der Waals surface area (Å²) in [5, 5.41) is 0. The van der Waals surface area contributed by atoms with Gasteiger partial charge in [0.2, 0.25) is 0 Å². The molecule has 0 saturated carbocycles. The number of hydrogen-bond donors (Lipinski definition) is 1. The zero-order valence-corrected chi connectivity index (χ0v) is 12.9. The molecule has 0 radical (unpaired) electrons. The number of rotatable bonds is 6. The Bertz CT molecular complexity index is 628. The van der Waals surface area contributed by atoms with E-state index >= 15 is 0 Å². The second kappa shape index (κ2) is 7.67. The summed E-state index contributed by atoms with van der Waals surface area (Å²) >= 11 is 0. The summed E-state index contributed by atoms with van der Waals surface area (Å²) in [4.78, 5) is 11.7. The van der Waals surface area contributed by atoms with Crippen LogP contribution >= 0.6 is 0 Å². The molecule has 21 heavy (non-hydrogen) atoms. The van der Waals surface area contributed by atoms with Gasteiger partial charge in [0.05, 0.1) is 4.90 Å². The van der Waals surface area contributed by atoms with Gasteiger partial charge in [-0.05, 0) is 31.6 Å². The van der Waals surface area contributed by atoms with Crippen molar-refractivity contribution in [3.63, 3.8) is 0 Å². The van der Waals surface area contributed by atoms with E-state index in [1.165, 1.54) is 18.2 Å². The van der Waals surface area contributed by atoms with Crippen molar-refractivity contribution in [2.24, 2.45) is 0 Å². The van der Waals surface area contributed by atoms with Gasteiger partial charge in [0.25, 0.3) is 10.0 Å². The number of carbonyl (C=O) groups excluding carboxylic acids is 1. The van der Waals surface area contributed by atoms with Crippen LogP contribution in [0.25, 0.3) is 0 Å². The number of ether oxygens (including phenoxy) is 1. The molecule has 1 amide bonds. The van der Waals surface area contributed by atoms with Gasteiger partial charge in [-0.15, -0.1) is 5.73 Å². The van der Waals surface area contributed by atoms with Gasteiger partial charge >= 0.3 is 6.09 Å². The number of amides is 1. The number of nitrogens with one attached hydrogen (secondary N) is 1. The van der Waals surface area contributed by atoms with Gasteiger partial charge in [0.15, 0.2) is 0 Å². The lowest BCUT2D eigenvalue weighted by Crippen LogP contribution is -2.33. The highest BCUT2D eigenvalue weighted by atomic mass is 32.2. The Kier molecular flexibility index (Phi) is 6.21. The van der Waals surface area contributed by atoms with E-state index in [4.69, 9.17) is 4.74 Å². The molecule has 0 heterocycles. The second-order valence-corrected chi connectivity index (χ2v) is 6.20. The summed E-state index contributed by atoms with van der Waals surface area (Å²) in [5.41, 5.74) is 3.46. The first-order valence-electron chi connectivity index (χ1n) is 6.55. The third-order valence-electron chi connectivity index (χ3n) is 2.68. The normalized spacial score (nSPS) is 12.1. The predicted molar refractivity (Wildman–Crippen MR) is 80.4 cm³/mol. The van der Waals surface area contributed by atoms with Gasteiger partial charge in [-0.2, -0.15) is 0 Å². The maximum absolute atomic E-state index is 12.0. The molecule has 0 spiro atoms. The van der Waals surface area contributed by atoms with E-state index in [2.05, 4.69) is 12.3 Å². The van der Waals surface area contributed by atoms with Crippen molar-refractivity contribution in [3.05, 3.63) is 48.2 Å². The van der Waals surface area contributed by atoms with E-state index in [0.29, 0.717) is 6.42 Å². The standard InChI is InChI=1S/C15H19NO4S/c1-4-6-13(7-5-2)20-15(17)16-21(18,19)14-10-8-12(3)9-11-14/h6,8-11,13H,1,5,7H2,2-3H3,(H,16,17). The number of carbonyl (C=O) groups is 1. The van der Waals surface area contributed by atoms with Gasteiger partial charge in [0, 0.05) is 0 Å². The van der Waals surface area contributed by atoms with Crippen molar-refractivity contribution in [1.29, 1.82) is 0 Å². The Balaban J connectivity index is 2.76. The van der Waals surface area contributed by atoms with Gasteiger partial charge < -0.3 is 4.74 Å². The number of benzene rings is 1. The number of sulfonamides is 1. The molecule has 1 N–H and O–H groups in total. The molecule has 0 aliphatic rings. The molecule has 1 aromatic carbocycles. The molecule has 0 aliphatic heterocycles. The van der Waals surface area contributed by atoms with Crippen molar-refractivity contribution in [2.75, 3.05) is 0 Å². The van der Waals surface area contributed by atoms with Crippen LogP contribution in [-0.2, 0) is 14.8 Å². The van der Waals surface area contributed by atoms with Crippen molar-refractivity contribution in [1.82, 2.24) is 4.72 Å². The average Bonchev–Trinajstić information content (AvgIpc) is 2.39. The fourth-order valence-corrected chi connectivity index (χ4v) is 2.52. The third-order valence-corrected chi connectivity index (χ3v) is 4.01. The summed E-state index contributed by atoms with van der Waals surface area (Å²) in [5.74, 6) is 0. The first-order chi connectivity index (χ1) is 9.89. The molecule has 1 atom stereocenters. The van der Waals surface area contributed by atoms with E-state index in [0.717, 1.165) is 12.0 Å². The molecule has 1 aromatic rings. The highest BCUT2D eigenvalue weighted by Crippen LogP contribution is 2.11. The molecule has 0 aliphatic carbocycles. The molecular formula is C15H19NO4S. The third kappa shape index (κ3) is 5.45. The lowest BCUT2D eigenvalue weighted by atomic mass is 10.2. The fourth-order valence-electron chi connectivity index (χ4n) is 1.64. The van der Waals surface area contributed by atoms with Crippen LogP contribution in [0.3, 0.4) is 0 Å². The first kappa shape index (κ1) is 17.0. The molecule has 1 unspecified atom stereocenters. The van der Waals surface area contributed by atoms with Gasteiger partial charge in [-0.3, -0.25) is 0 Å². The first-order valence-corrected chi connectivity index (χ1v) is 8.03. The monoisotopic (exact) mass is 309 g/mol. The Morgan fingerprint density at radius 1 is 1.43 bits per heavy atom. The zero-order chi connectivity index (χ0) is 15.9. The lowest BCUT2D eigenvalue weighted by Gasteiger charge is -2.13. The smallest absolute Gasteiger partial charge is 0.421 e. The second-order valence-electron chi connectivity index (χ2n) is 4.52. The maximum atomic E-state index is 12.0. The summed E-state index contributed by atoms with van der Waals surface area (Å²) in [6.45, 7) is 7.18. The molecule has 0 fully saturated rings. The summed E-state index contributed by atoms with van der Waals surface area (Å²) < 4.78 is 30.9. The lowest BCUT2D eigenvalue weighted by molar-refractivity contribution is 0.121. The van der Waals surface area contributed by atoms with Crippen molar-refractivity contribution in [3.8, 4) is 0 Å². The van der Waals surface area contributed by atoms with Gasteiger partial charge in [0.1, 0.15) is 6.10 Å². The molecular weight excluding hydrogens is 290 g/mol. The highest BCUT2D eigenvalue weighted by molar-refractivity contribution is 7.90. The molecule has 0 aromatic heterocycles. The molecule has 0 bridgehead atoms. The zero-order valence-electron chi connectivity index (χ0n) is 12.1. The largest absolute Gasteiger partial charge is 0.441 e. The SMILES string of the molecule is C=C=CC(CCC)OC(=O)NS(=O)(=O)c1ccc(C)cc1. The maximum Gasteiger partial charge on any atom is 0.421 e. The topological polar surface area (TPSA) is 72.5 Å². The number of hydrogen-bond acceptors (Lipinski definition) is 4. The Hall–Kier alpha value is -2.04. The quantitative estimate of drug-likeness (QED) is 0.820. The van der Waals surface area contributed by atoms with Gasteiger partial charge in [-0.25, -0.2) is 17.9 Å². The number of aryl methyl sites for hydroxylation is 1. The van der Waals surface area contributed by atoms with Gasteiger partial charge in [-0.1, -0.05) is 37.6 Å². The minimum absolute atomic E-state index is 0.0105. The van der Waals surface area contributed by atoms with Crippen molar-refractivity contribution < 1.29 is 17.9 Å². The van der Waals surface area contributed by atoms with Crippen LogP contribution in [0.2, 0.25) is 0 Å². The highest BCUT2D eigenvalue weighted by Gasteiger charge is 2.20. The predicted octanol–water partition coefficient (Wildman–Crippen LogP) is 2.92.